The van der Waals surface area contributed by atoms with E-state index in [1.165, 1.54) is 122 Å². The highest BCUT2D eigenvalue weighted by atomic mass is 15.1. The van der Waals surface area contributed by atoms with Gasteiger partial charge >= 0.3 is 0 Å². The topological polar surface area (TPSA) is 16.3 Å². The molecular weight excluding hydrogens is 1280 g/mol. The Labute approximate surface area is 618 Å². The average molecular weight is 1350 g/mol. The van der Waals surface area contributed by atoms with Crippen molar-refractivity contribution < 1.29 is 0 Å². The molecule has 2 heterocycles. The van der Waals surface area contributed by atoms with Gasteiger partial charge in [0.05, 0.1) is 27.8 Å². The van der Waals surface area contributed by atoms with Crippen LogP contribution in [0.4, 0.5) is 34.1 Å². The molecule has 0 N–H and O–H groups in total. The summed E-state index contributed by atoms with van der Waals surface area (Å²) in [7, 11) is 0. The van der Waals surface area contributed by atoms with Gasteiger partial charge in [-0.05, 0) is 194 Å². The zero-order chi connectivity index (χ0) is 70.5. The van der Waals surface area contributed by atoms with Crippen LogP contribution in [0.5, 0.6) is 0 Å². The Bertz CT molecular complexity index is 6110. The number of nitrogens with zero attached hydrogens (tertiary/aromatic N) is 4. The third-order valence-electron chi connectivity index (χ3n) is 20.4. The van der Waals surface area contributed by atoms with Crippen LogP contribution >= 0.6 is 0 Å². The van der Waals surface area contributed by atoms with E-state index in [2.05, 4.69) is 456 Å². The van der Waals surface area contributed by atoms with Crippen LogP contribution in [0.1, 0.15) is 0 Å². The van der Waals surface area contributed by atoms with Gasteiger partial charge in [0.2, 0.25) is 0 Å². The van der Waals surface area contributed by atoms with Crippen LogP contribution in [0.2, 0.25) is 0 Å². The Morgan fingerprint density at radius 2 is 0.453 bits per heavy atom. The van der Waals surface area contributed by atoms with Gasteiger partial charge in [0.25, 0.3) is 0 Å². The lowest BCUT2D eigenvalue weighted by Gasteiger charge is -2.29. The number of benzene rings is 17. The van der Waals surface area contributed by atoms with Crippen molar-refractivity contribution in [1.29, 1.82) is 0 Å². The van der Waals surface area contributed by atoms with E-state index in [9.17, 15) is 0 Å². The monoisotopic (exact) mass is 1350 g/mol. The van der Waals surface area contributed by atoms with E-state index >= 15 is 0 Å². The summed E-state index contributed by atoms with van der Waals surface area (Å²) in [6, 6.07) is 157. The molecule has 0 saturated heterocycles. The molecule has 106 heavy (non-hydrogen) atoms. The third-order valence-corrected chi connectivity index (χ3v) is 20.4. The molecule has 2 aromatic heterocycles. The molecule has 4 heteroatoms. The lowest BCUT2D eigenvalue weighted by Crippen LogP contribution is -2.11. The first-order chi connectivity index (χ1) is 52.6. The van der Waals surface area contributed by atoms with E-state index in [1.54, 1.807) is 0 Å². The van der Waals surface area contributed by atoms with Gasteiger partial charge in [0.15, 0.2) is 0 Å². The van der Waals surface area contributed by atoms with Gasteiger partial charge in [0.1, 0.15) is 0 Å². The van der Waals surface area contributed by atoms with Gasteiger partial charge in [0, 0.05) is 66.9 Å². The zero-order valence-electron chi connectivity index (χ0n) is 58.4. The Hall–Kier alpha value is -14.1. The van der Waals surface area contributed by atoms with Crippen molar-refractivity contribution in [3.8, 4) is 89.3 Å². The third kappa shape index (κ3) is 12.6. The summed E-state index contributed by atoms with van der Waals surface area (Å²) in [6.45, 7) is 0. The highest BCUT2D eigenvalue weighted by molar-refractivity contribution is 6.10. The van der Waals surface area contributed by atoms with E-state index in [4.69, 9.17) is 0 Å². The average Bonchev–Trinajstić information content (AvgIpc) is 1.60. The lowest BCUT2D eigenvalue weighted by atomic mass is 9.92. The van der Waals surface area contributed by atoms with Crippen molar-refractivity contribution in [2.24, 2.45) is 0 Å². The normalized spacial score (nSPS) is 11.2. The summed E-state index contributed by atoms with van der Waals surface area (Å²) in [5.74, 6) is 0. The molecule has 0 aliphatic carbocycles. The lowest BCUT2D eigenvalue weighted by molar-refractivity contribution is 1.18. The van der Waals surface area contributed by atoms with Gasteiger partial charge in [-0.25, -0.2) is 0 Å². The van der Waals surface area contributed by atoms with Gasteiger partial charge in [-0.3, -0.25) is 0 Å². The molecule has 500 valence electrons. The second-order valence-electron chi connectivity index (χ2n) is 26.8. The summed E-state index contributed by atoms with van der Waals surface area (Å²) >= 11 is 0. The van der Waals surface area contributed by atoms with Crippen LogP contribution in [0.15, 0.2) is 437 Å². The Kier molecular flexibility index (Phi) is 17.4. The molecule has 0 aliphatic rings. The zero-order valence-corrected chi connectivity index (χ0v) is 58.4. The van der Waals surface area contributed by atoms with E-state index in [0.29, 0.717) is 0 Å². The second-order valence-corrected chi connectivity index (χ2v) is 26.8. The van der Waals surface area contributed by atoms with Crippen molar-refractivity contribution in [3.05, 3.63) is 437 Å². The summed E-state index contributed by atoms with van der Waals surface area (Å²) in [5, 5.41) is 5.07. The number of hydrogen-bond donors (Lipinski definition) is 0. The smallest absolute Gasteiger partial charge is 0.0546 e. The maximum atomic E-state index is 2.38. The molecule has 4 nitrogen and oxygen atoms in total. The predicted octanol–water partition coefficient (Wildman–Crippen LogP) is 28.2. The van der Waals surface area contributed by atoms with Crippen LogP contribution in [-0.2, 0) is 0 Å². The summed E-state index contributed by atoms with van der Waals surface area (Å²) < 4.78 is 4.76. The van der Waals surface area contributed by atoms with Crippen LogP contribution in [0, 0.1) is 0 Å². The molecule has 19 aromatic rings. The van der Waals surface area contributed by atoms with Crippen molar-refractivity contribution in [2.75, 3.05) is 9.80 Å². The molecule has 0 bridgehead atoms. The Morgan fingerprint density at radius 1 is 0.160 bits per heavy atom. The van der Waals surface area contributed by atoms with Crippen LogP contribution in [0.25, 0.3) is 133 Å². The summed E-state index contributed by atoms with van der Waals surface area (Å²) in [4.78, 5) is 4.76. The summed E-state index contributed by atoms with van der Waals surface area (Å²) in [5.41, 5.74) is 30.3. The molecule has 0 radical (unpaired) electrons. The first kappa shape index (κ1) is 64.1. The largest absolute Gasteiger partial charge is 0.310 e. The molecule has 0 unspecified atom stereocenters. The highest BCUT2D eigenvalue weighted by Gasteiger charge is 2.23. The first-order valence-electron chi connectivity index (χ1n) is 36.3. The molecule has 0 atom stereocenters. The number of anilines is 6. The molecule has 19 rings (SSSR count). The van der Waals surface area contributed by atoms with Crippen molar-refractivity contribution in [3.63, 3.8) is 0 Å². The molecule has 0 spiro atoms. The standard InChI is InChI=1S/C54H38N2.C48H34N2/c1-4-15-39(16-5-1)42-27-31-47(32-28-42)55(50-37-45(40-17-6-2-7-18-40)35-46(38-50)41-19-8-3-9-20-41)48-33-29-43(30-34-48)44-21-14-22-49(36-44)56-53-25-12-10-23-51(53)52-24-11-13-26-54(52)56;1-4-16-36(17-5-1)42-26-15-29-47(48(42)37-18-6-2-7-19-37)49(39-21-8-3-9-22-39)40-32-30-35(31-33-40)38-20-14-23-41(34-38)50-45-27-12-10-24-43(45)44-25-11-13-28-46(44)50/h1-38H;1-34H. The molecular formula is C102H72N4. The summed E-state index contributed by atoms with van der Waals surface area (Å²) in [6.07, 6.45) is 0. The molecule has 17 aromatic carbocycles. The van der Waals surface area contributed by atoms with Crippen molar-refractivity contribution in [1.82, 2.24) is 9.13 Å². The molecule has 0 saturated carbocycles. The van der Waals surface area contributed by atoms with E-state index in [1.807, 2.05) is 0 Å². The number of aromatic nitrogens is 2. The van der Waals surface area contributed by atoms with Gasteiger partial charge in [-0.2, -0.15) is 0 Å². The number of rotatable bonds is 15. The number of hydrogen-bond acceptors (Lipinski definition) is 2. The van der Waals surface area contributed by atoms with Crippen LogP contribution in [-0.4, -0.2) is 9.13 Å². The molecule has 0 aliphatic heterocycles. The van der Waals surface area contributed by atoms with Crippen molar-refractivity contribution >= 4 is 77.7 Å². The van der Waals surface area contributed by atoms with E-state index < -0.39 is 0 Å². The first-order valence-corrected chi connectivity index (χ1v) is 36.3. The fourth-order valence-electron chi connectivity index (χ4n) is 15.4. The second kappa shape index (κ2) is 28.8. The SMILES string of the molecule is c1ccc(-c2ccc(N(c3ccc(-c4cccc(-n5c6ccccc6c6ccccc65)c4)cc3)c3cc(-c4ccccc4)cc(-c4ccccc4)c3)cc2)cc1.c1ccc(-c2cccc(N(c3ccccc3)c3ccc(-c4cccc(-n5c6ccccc6c6ccccc65)c4)cc3)c2-c2ccccc2)cc1. The number of fused-ring (bicyclic) bond motifs is 6. The van der Waals surface area contributed by atoms with Gasteiger partial charge < -0.3 is 18.9 Å². The quantitative estimate of drug-likeness (QED) is 0.102. The predicted molar refractivity (Wildman–Crippen MR) is 449 cm³/mol. The van der Waals surface area contributed by atoms with Gasteiger partial charge in [-0.15, -0.1) is 0 Å². The van der Waals surface area contributed by atoms with Crippen LogP contribution in [0.3, 0.4) is 0 Å². The maximum Gasteiger partial charge on any atom is 0.0546 e. The van der Waals surface area contributed by atoms with Crippen molar-refractivity contribution in [2.45, 2.75) is 0 Å². The Morgan fingerprint density at radius 3 is 0.858 bits per heavy atom. The Balaban J connectivity index is 0.000000151. The minimum atomic E-state index is 1.09. The van der Waals surface area contributed by atoms with Gasteiger partial charge in [-0.1, -0.05) is 315 Å². The molecule has 0 fully saturated rings. The highest BCUT2D eigenvalue weighted by Crippen LogP contribution is 2.47. The fraction of sp³-hybridized carbons (Fsp3) is 0. The minimum absolute atomic E-state index is 1.09. The molecule has 0 amide bonds. The van der Waals surface area contributed by atoms with E-state index in [0.717, 1.165) is 45.5 Å². The minimum Gasteiger partial charge on any atom is -0.310 e. The number of para-hydroxylation sites is 5. The fourth-order valence-corrected chi connectivity index (χ4v) is 15.4. The maximum absolute atomic E-state index is 2.38. The van der Waals surface area contributed by atoms with E-state index in [-0.39, 0.29) is 0 Å². The van der Waals surface area contributed by atoms with Crippen LogP contribution < -0.4 is 9.80 Å².